The van der Waals surface area contributed by atoms with Gasteiger partial charge in [0.1, 0.15) is 5.75 Å². The standard InChI is InChI=1S/C12H16N2O3/c1-7(2)12(17)14-5-9-4-13-8(3)11(16)10(9)6-15/h4,15-16H,1,5-6H2,2-3H3,(H,14,17). The summed E-state index contributed by atoms with van der Waals surface area (Å²) >= 11 is 0. The Labute approximate surface area is 99.8 Å². The summed E-state index contributed by atoms with van der Waals surface area (Å²) in [5.74, 6) is -0.302. The second-order valence-electron chi connectivity index (χ2n) is 3.82. The number of carbonyl (C=O) groups excluding carboxylic acids is 1. The van der Waals surface area contributed by atoms with Crippen LogP contribution in [0, 0.1) is 6.92 Å². The molecule has 0 atom stereocenters. The molecule has 5 heteroatoms. The summed E-state index contributed by atoms with van der Waals surface area (Å²) in [6.45, 7) is 6.66. The SMILES string of the molecule is C=C(C)C(=O)NCc1cnc(C)c(O)c1CO. The van der Waals surface area contributed by atoms with E-state index in [2.05, 4.69) is 16.9 Å². The Morgan fingerprint density at radius 2 is 2.24 bits per heavy atom. The summed E-state index contributed by atoms with van der Waals surface area (Å²) < 4.78 is 0. The van der Waals surface area contributed by atoms with Crippen LogP contribution >= 0.6 is 0 Å². The lowest BCUT2D eigenvalue weighted by molar-refractivity contribution is -0.117. The van der Waals surface area contributed by atoms with E-state index in [-0.39, 0.29) is 24.8 Å². The second-order valence-corrected chi connectivity index (χ2v) is 3.82. The number of aryl methyl sites for hydroxylation is 1. The molecule has 0 saturated carbocycles. The molecule has 3 N–H and O–H groups in total. The van der Waals surface area contributed by atoms with Crippen LogP contribution in [0.4, 0.5) is 0 Å². The molecule has 1 aromatic heterocycles. The number of aliphatic hydroxyl groups is 1. The molecule has 0 bridgehead atoms. The highest BCUT2D eigenvalue weighted by atomic mass is 16.3. The summed E-state index contributed by atoms with van der Waals surface area (Å²) in [6, 6.07) is 0. The number of amides is 1. The average molecular weight is 236 g/mol. The molecule has 0 aliphatic heterocycles. The van der Waals surface area contributed by atoms with Crippen LogP contribution in [0.25, 0.3) is 0 Å². The zero-order valence-electron chi connectivity index (χ0n) is 9.95. The number of aromatic hydroxyl groups is 1. The molecule has 0 aromatic carbocycles. The maximum atomic E-state index is 11.3. The van der Waals surface area contributed by atoms with Gasteiger partial charge >= 0.3 is 0 Å². The van der Waals surface area contributed by atoms with Crippen molar-refractivity contribution in [1.82, 2.24) is 10.3 Å². The van der Waals surface area contributed by atoms with E-state index >= 15 is 0 Å². The van der Waals surface area contributed by atoms with Crippen molar-refractivity contribution in [3.63, 3.8) is 0 Å². The highest BCUT2D eigenvalue weighted by molar-refractivity contribution is 5.92. The summed E-state index contributed by atoms with van der Waals surface area (Å²) in [4.78, 5) is 15.3. The third-order valence-electron chi connectivity index (χ3n) is 2.42. The van der Waals surface area contributed by atoms with Crippen molar-refractivity contribution in [3.05, 3.63) is 35.2 Å². The molecule has 0 spiro atoms. The van der Waals surface area contributed by atoms with Gasteiger partial charge in [-0.3, -0.25) is 9.78 Å². The molecule has 1 heterocycles. The van der Waals surface area contributed by atoms with Crippen molar-refractivity contribution in [2.24, 2.45) is 0 Å². The molecule has 0 unspecified atom stereocenters. The topological polar surface area (TPSA) is 82.5 Å². The van der Waals surface area contributed by atoms with E-state index in [0.717, 1.165) is 0 Å². The number of rotatable bonds is 4. The van der Waals surface area contributed by atoms with Crippen molar-refractivity contribution in [2.45, 2.75) is 27.0 Å². The van der Waals surface area contributed by atoms with E-state index in [9.17, 15) is 15.0 Å². The van der Waals surface area contributed by atoms with E-state index in [1.54, 1.807) is 13.8 Å². The number of aromatic nitrogens is 1. The van der Waals surface area contributed by atoms with Crippen LogP contribution in [0.1, 0.15) is 23.7 Å². The molecule has 1 aromatic rings. The molecule has 0 aliphatic carbocycles. The van der Waals surface area contributed by atoms with Gasteiger partial charge in [-0.05, 0) is 19.4 Å². The average Bonchev–Trinajstić information content (AvgIpc) is 2.30. The van der Waals surface area contributed by atoms with Gasteiger partial charge in [-0.15, -0.1) is 0 Å². The van der Waals surface area contributed by atoms with Crippen LogP contribution in [-0.4, -0.2) is 21.1 Å². The number of pyridine rings is 1. The summed E-state index contributed by atoms with van der Waals surface area (Å²) in [5.41, 5.74) is 1.83. The second kappa shape index (κ2) is 5.45. The monoisotopic (exact) mass is 236 g/mol. The van der Waals surface area contributed by atoms with Crippen molar-refractivity contribution in [2.75, 3.05) is 0 Å². The summed E-state index contributed by atoms with van der Waals surface area (Å²) in [5, 5.41) is 21.5. The third kappa shape index (κ3) is 3.04. The van der Waals surface area contributed by atoms with Gasteiger partial charge in [-0.2, -0.15) is 0 Å². The first-order valence-electron chi connectivity index (χ1n) is 5.18. The fourth-order valence-corrected chi connectivity index (χ4v) is 1.34. The number of hydrogen-bond donors (Lipinski definition) is 3. The predicted molar refractivity (Wildman–Crippen MR) is 63.2 cm³/mol. The van der Waals surface area contributed by atoms with Gasteiger partial charge < -0.3 is 15.5 Å². The van der Waals surface area contributed by atoms with Crippen LogP contribution in [0.5, 0.6) is 5.75 Å². The molecular formula is C12H16N2O3. The minimum absolute atomic E-state index is 0.0328. The van der Waals surface area contributed by atoms with Gasteiger partial charge in [0, 0.05) is 23.9 Å². The lowest BCUT2D eigenvalue weighted by Crippen LogP contribution is -2.23. The molecule has 92 valence electrons. The minimum Gasteiger partial charge on any atom is -0.506 e. The van der Waals surface area contributed by atoms with Crippen LogP contribution in [-0.2, 0) is 17.9 Å². The van der Waals surface area contributed by atoms with Gasteiger partial charge in [0.25, 0.3) is 0 Å². The fourth-order valence-electron chi connectivity index (χ4n) is 1.34. The summed E-state index contributed by atoms with van der Waals surface area (Å²) in [7, 11) is 0. The number of hydrogen-bond acceptors (Lipinski definition) is 4. The van der Waals surface area contributed by atoms with Gasteiger partial charge in [0.05, 0.1) is 12.3 Å². The number of aliphatic hydroxyl groups excluding tert-OH is 1. The minimum atomic E-state index is -0.298. The maximum Gasteiger partial charge on any atom is 0.246 e. The zero-order valence-corrected chi connectivity index (χ0v) is 9.95. The van der Waals surface area contributed by atoms with E-state index in [1.165, 1.54) is 6.20 Å². The molecular weight excluding hydrogens is 220 g/mol. The lowest BCUT2D eigenvalue weighted by Gasteiger charge is -2.11. The van der Waals surface area contributed by atoms with Crippen molar-refractivity contribution < 1.29 is 15.0 Å². The molecule has 0 saturated heterocycles. The largest absolute Gasteiger partial charge is 0.506 e. The summed E-state index contributed by atoms with van der Waals surface area (Å²) in [6.07, 6.45) is 1.53. The number of nitrogens with one attached hydrogen (secondary N) is 1. The van der Waals surface area contributed by atoms with Crippen LogP contribution in [0.15, 0.2) is 18.3 Å². The Morgan fingerprint density at radius 1 is 1.59 bits per heavy atom. The Balaban J connectivity index is 2.88. The van der Waals surface area contributed by atoms with E-state index in [0.29, 0.717) is 22.4 Å². The van der Waals surface area contributed by atoms with Crippen molar-refractivity contribution >= 4 is 5.91 Å². The number of carbonyl (C=O) groups is 1. The smallest absolute Gasteiger partial charge is 0.246 e. The fraction of sp³-hybridized carbons (Fsp3) is 0.333. The van der Waals surface area contributed by atoms with E-state index in [1.807, 2.05) is 0 Å². The normalized spacial score (nSPS) is 10.1. The highest BCUT2D eigenvalue weighted by Gasteiger charge is 2.11. The molecule has 0 fully saturated rings. The van der Waals surface area contributed by atoms with Crippen LogP contribution < -0.4 is 5.32 Å². The Hall–Kier alpha value is -1.88. The Morgan fingerprint density at radius 3 is 2.76 bits per heavy atom. The molecule has 17 heavy (non-hydrogen) atoms. The van der Waals surface area contributed by atoms with Gasteiger partial charge in [-0.1, -0.05) is 6.58 Å². The molecule has 1 rings (SSSR count). The van der Waals surface area contributed by atoms with Crippen LogP contribution in [0.2, 0.25) is 0 Å². The first-order valence-corrected chi connectivity index (χ1v) is 5.18. The maximum absolute atomic E-state index is 11.3. The lowest BCUT2D eigenvalue weighted by atomic mass is 10.1. The van der Waals surface area contributed by atoms with E-state index in [4.69, 9.17) is 0 Å². The first kappa shape index (κ1) is 13.2. The molecule has 1 amide bonds. The highest BCUT2D eigenvalue weighted by Crippen LogP contribution is 2.23. The quantitative estimate of drug-likeness (QED) is 0.675. The van der Waals surface area contributed by atoms with Gasteiger partial charge in [0.2, 0.25) is 5.91 Å². The van der Waals surface area contributed by atoms with Gasteiger partial charge in [0.15, 0.2) is 0 Å². The first-order chi connectivity index (χ1) is 7.97. The van der Waals surface area contributed by atoms with E-state index < -0.39 is 0 Å². The Bertz CT molecular complexity index is 455. The number of nitrogens with zero attached hydrogens (tertiary/aromatic N) is 1. The van der Waals surface area contributed by atoms with Crippen molar-refractivity contribution in [1.29, 1.82) is 0 Å². The van der Waals surface area contributed by atoms with Crippen LogP contribution in [0.3, 0.4) is 0 Å². The molecule has 0 aliphatic rings. The molecule has 0 radical (unpaired) electrons. The van der Waals surface area contributed by atoms with Gasteiger partial charge in [-0.25, -0.2) is 0 Å². The molecule has 5 nitrogen and oxygen atoms in total. The Kier molecular flexibility index (Phi) is 4.23. The predicted octanol–water partition coefficient (Wildman–Crippen LogP) is 0.780. The zero-order chi connectivity index (χ0) is 13.0. The van der Waals surface area contributed by atoms with Crippen molar-refractivity contribution in [3.8, 4) is 5.75 Å². The third-order valence-corrected chi connectivity index (χ3v) is 2.42.